The van der Waals surface area contributed by atoms with Crippen LogP contribution in [0.15, 0.2) is 5.38 Å². The Morgan fingerprint density at radius 2 is 2.00 bits per heavy atom. The number of esters is 1. The van der Waals surface area contributed by atoms with Crippen LogP contribution in [0, 0.1) is 0 Å². The molecule has 0 fully saturated rings. The predicted octanol–water partition coefficient (Wildman–Crippen LogP) is 3.09. The summed E-state index contributed by atoms with van der Waals surface area (Å²) in [6.07, 6.45) is 6.09. The molecule has 0 aromatic carbocycles. The van der Waals surface area contributed by atoms with Gasteiger partial charge in [-0.25, -0.2) is 4.79 Å². The Morgan fingerprint density at radius 1 is 1.29 bits per heavy atom. The van der Waals surface area contributed by atoms with Crippen LogP contribution in [0.25, 0.3) is 0 Å². The Labute approximate surface area is 129 Å². The molecule has 21 heavy (non-hydrogen) atoms. The Morgan fingerprint density at radius 3 is 2.71 bits per heavy atom. The fourth-order valence-corrected chi connectivity index (χ4v) is 3.75. The molecule has 1 N–H and O–H groups in total. The zero-order chi connectivity index (χ0) is 15.2. The van der Waals surface area contributed by atoms with Crippen molar-refractivity contribution in [1.82, 2.24) is 5.32 Å². The lowest BCUT2D eigenvalue weighted by molar-refractivity contribution is -0.125. The number of rotatable bonds is 6. The first-order valence-corrected chi connectivity index (χ1v) is 8.59. The fourth-order valence-electron chi connectivity index (χ4n) is 2.64. The number of aryl methyl sites for hydroxylation is 1. The van der Waals surface area contributed by atoms with Crippen molar-refractivity contribution in [1.29, 1.82) is 0 Å². The molecule has 0 aliphatic heterocycles. The zero-order valence-electron chi connectivity index (χ0n) is 12.7. The van der Waals surface area contributed by atoms with Crippen LogP contribution in [0.1, 0.15) is 60.3 Å². The van der Waals surface area contributed by atoms with Crippen molar-refractivity contribution in [3.05, 3.63) is 21.4 Å². The predicted molar refractivity (Wildman–Crippen MR) is 83.8 cm³/mol. The lowest BCUT2D eigenvalue weighted by Crippen LogP contribution is -2.36. The van der Waals surface area contributed by atoms with Gasteiger partial charge in [0.25, 0.3) is 5.91 Å². The third kappa shape index (κ3) is 4.06. The number of thiophene rings is 1. The summed E-state index contributed by atoms with van der Waals surface area (Å²) in [5, 5.41) is 4.74. The first-order chi connectivity index (χ1) is 10.2. The number of fused-ring (bicyclic) bond motifs is 1. The maximum absolute atomic E-state index is 12.1. The lowest BCUT2D eigenvalue weighted by Gasteiger charge is -2.15. The largest absolute Gasteiger partial charge is 0.452 e. The van der Waals surface area contributed by atoms with E-state index in [0.717, 1.165) is 37.7 Å². The van der Waals surface area contributed by atoms with Gasteiger partial charge in [-0.1, -0.05) is 13.8 Å². The SMILES string of the molecule is CCC(CC)NC(=O)COC(=O)c1csc2c1CCCC2. The first kappa shape index (κ1) is 16.0. The van der Waals surface area contributed by atoms with Gasteiger partial charge in [-0.2, -0.15) is 0 Å². The van der Waals surface area contributed by atoms with E-state index in [-0.39, 0.29) is 24.5 Å². The molecule has 0 saturated carbocycles. The molecule has 1 aliphatic carbocycles. The van der Waals surface area contributed by atoms with Crippen LogP contribution in [0.2, 0.25) is 0 Å². The summed E-state index contributed by atoms with van der Waals surface area (Å²) in [5.74, 6) is -0.588. The van der Waals surface area contributed by atoms with Crippen LogP contribution in [-0.4, -0.2) is 24.5 Å². The van der Waals surface area contributed by atoms with Crippen molar-refractivity contribution in [3.8, 4) is 0 Å². The molecule has 4 nitrogen and oxygen atoms in total. The van der Waals surface area contributed by atoms with E-state index in [1.54, 1.807) is 11.3 Å². The van der Waals surface area contributed by atoms with Crippen LogP contribution in [0.5, 0.6) is 0 Å². The number of nitrogens with one attached hydrogen (secondary N) is 1. The number of hydrogen-bond donors (Lipinski definition) is 1. The van der Waals surface area contributed by atoms with Crippen molar-refractivity contribution in [2.45, 2.75) is 58.4 Å². The molecule has 1 heterocycles. The molecule has 0 atom stereocenters. The van der Waals surface area contributed by atoms with Gasteiger partial charge >= 0.3 is 5.97 Å². The molecule has 5 heteroatoms. The molecule has 2 rings (SSSR count). The average molecular weight is 309 g/mol. The molecule has 1 aliphatic rings. The van der Waals surface area contributed by atoms with E-state index in [1.807, 2.05) is 19.2 Å². The molecular formula is C16H23NO3S. The summed E-state index contributed by atoms with van der Waals surface area (Å²) in [5.41, 5.74) is 1.79. The van der Waals surface area contributed by atoms with Gasteiger partial charge < -0.3 is 10.1 Å². The third-order valence-corrected chi connectivity index (χ3v) is 5.05. The third-order valence-electron chi connectivity index (χ3n) is 3.97. The molecule has 0 saturated heterocycles. The van der Waals surface area contributed by atoms with Gasteiger partial charge in [-0.15, -0.1) is 11.3 Å². The number of amides is 1. The number of carbonyl (C=O) groups is 2. The van der Waals surface area contributed by atoms with Crippen molar-refractivity contribution in [2.24, 2.45) is 0 Å². The zero-order valence-corrected chi connectivity index (χ0v) is 13.6. The highest BCUT2D eigenvalue weighted by Crippen LogP contribution is 2.30. The fraction of sp³-hybridized carbons (Fsp3) is 0.625. The number of hydrogen-bond acceptors (Lipinski definition) is 4. The summed E-state index contributed by atoms with van der Waals surface area (Å²) in [4.78, 5) is 25.2. The summed E-state index contributed by atoms with van der Waals surface area (Å²) in [6, 6.07) is 0.158. The topological polar surface area (TPSA) is 55.4 Å². The molecule has 116 valence electrons. The Kier molecular flexibility index (Phi) is 5.79. The van der Waals surface area contributed by atoms with Gasteiger partial charge in [0.15, 0.2) is 6.61 Å². The Bertz CT molecular complexity index is 506. The minimum Gasteiger partial charge on any atom is -0.452 e. The van der Waals surface area contributed by atoms with Crippen LogP contribution >= 0.6 is 11.3 Å². The van der Waals surface area contributed by atoms with Crippen LogP contribution in [0.3, 0.4) is 0 Å². The highest BCUT2D eigenvalue weighted by Gasteiger charge is 2.21. The normalized spacial score (nSPS) is 13.9. The smallest absolute Gasteiger partial charge is 0.339 e. The van der Waals surface area contributed by atoms with E-state index in [0.29, 0.717) is 5.56 Å². The Balaban J connectivity index is 1.87. The molecule has 1 amide bonds. The minimum atomic E-state index is -0.367. The maximum Gasteiger partial charge on any atom is 0.339 e. The molecule has 1 aromatic rings. The van der Waals surface area contributed by atoms with Gasteiger partial charge in [0.1, 0.15) is 0 Å². The van der Waals surface area contributed by atoms with Gasteiger partial charge in [-0.05, 0) is 44.1 Å². The van der Waals surface area contributed by atoms with Gasteiger partial charge in [0.2, 0.25) is 0 Å². The van der Waals surface area contributed by atoms with Crippen LogP contribution in [0.4, 0.5) is 0 Å². The molecule has 0 spiro atoms. The maximum atomic E-state index is 12.1. The lowest BCUT2D eigenvalue weighted by atomic mass is 9.96. The summed E-state index contributed by atoms with van der Waals surface area (Å²) < 4.78 is 5.16. The van der Waals surface area contributed by atoms with Crippen molar-refractivity contribution in [3.63, 3.8) is 0 Å². The number of carbonyl (C=O) groups excluding carboxylic acids is 2. The molecule has 1 aromatic heterocycles. The Hall–Kier alpha value is -1.36. The van der Waals surface area contributed by atoms with Crippen LogP contribution < -0.4 is 5.32 Å². The summed E-state index contributed by atoms with van der Waals surface area (Å²) in [6.45, 7) is 3.86. The van der Waals surface area contributed by atoms with Crippen molar-refractivity contribution >= 4 is 23.2 Å². The monoisotopic (exact) mass is 309 g/mol. The van der Waals surface area contributed by atoms with Crippen molar-refractivity contribution in [2.75, 3.05) is 6.61 Å². The van der Waals surface area contributed by atoms with E-state index in [9.17, 15) is 9.59 Å². The standard InChI is InChI=1S/C16H23NO3S/c1-3-11(4-2)17-15(18)9-20-16(19)13-10-21-14-8-6-5-7-12(13)14/h10-11H,3-9H2,1-2H3,(H,17,18). The highest BCUT2D eigenvalue weighted by atomic mass is 32.1. The second-order valence-electron chi connectivity index (χ2n) is 5.42. The average Bonchev–Trinajstić information content (AvgIpc) is 2.94. The highest BCUT2D eigenvalue weighted by molar-refractivity contribution is 7.10. The van der Waals surface area contributed by atoms with E-state index in [2.05, 4.69) is 5.32 Å². The van der Waals surface area contributed by atoms with Gasteiger partial charge in [0.05, 0.1) is 5.56 Å². The van der Waals surface area contributed by atoms with Gasteiger partial charge in [-0.3, -0.25) is 4.79 Å². The molecule has 0 unspecified atom stereocenters. The van der Waals surface area contributed by atoms with E-state index in [1.165, 1.54) is 11.3 Å². The van der Waals surface area contributed by atoms with Crippen molar-refractivity contribution < 1.29 is 14.3 Å². The van der Waals surface area contributed by atoms with Gasteiger partial charge in [0, 0.05) is 16.3 Å². The summed E-state index contributed by atoms with van der Waals surface area (Å²) >= 11 is 1.63. The van der Waals surface area contributed by atoms with Crippen LogP contribution in [-0.2, 0) is 22.4 Å². The van der Waals surface area contributed by atoms with E-state index in [4.69, 9.17) is 4.74 Å². The summed E-state index contributed by atoms with van der Waals surface area (Å²) in [7, 11) is 0. The van der Waals surface area contributed by atoms with E-state index >= 15 is 0 Å². The molecular weight excluding hydrogens is 286 g/mol. The number of ether oxygens (including phenoxy) is 1. The second-order valence-corrected chi connectivity index (χ2v) is 6.38. The first-order valence-electron chi connectivity index (χ1n) is 7.71. The second kappa shape index (κ2) is 7.59. The minimum absolute atomic E-state index is 0.158. The molecule has 0 bridgehead atoms. The van der Waals surface area contributed by atoms with E-state index < -0.39 is 0 Å². The molecule has 0 radical (unpaired) electrons. The quantitative estimate of drug-likeness (QED) is 0.822.